The topological polar surface area (TPSA) is 17.8 Å². The van der Waals surface area contributed by atoms with E-state index in [1.165, 1.54) is 24.1 Å². The van der Waals surface area contributed by atoms with Gasteiger partial charge in [0.1, 0.15) is 11.5 Å². The van der Waals surface area contributed by atoms with Crippen LogP contribution in [-0.4, -0.2) is 9.78 Å². The van der Waals surface area contributed by atoms with Crippen LogP contribution in [-0.2, 0) is 0 Å². The van der Waals surface area contributed by atoms with E-state index in [9.17, 15) is 8.78 Å². The van der Waals surface area contributed by atoms with E-state index in [1.54, 1.807) is 4.68 Å². The smallest absolute Gasteiger partial charge is 0.151 e. The number of nitrogens with zero attached hydrogens (tertiary/aromatic N) is 2. The zero-order valence-electron chi connectivity index (χ0n) is 9.74. The lowest BCUT2D eigenvalue weighted by atomic mass is 9.98. The fourth-order valence-electron chi connectivity index (χ4n) is 3.45. The maximum Gasteiger partial charge on any atom is 0.151 e. The van der Waals surface area contributed by atoms with Crippen LogP contribution in [0.15, 0.2) is 24.4 Å². The Hall–Kier alpha value is -1.71. The quantitative estimate of drug-likeness (QED) is 0.752. The minimum absolute atomic E-state index is 0.352. The van der Waals surface area contributed by atoms with Crippen molar-refractivity contribution in [1.29, 1.82) is 0 Å². The first kappa shape index (κ1) is 10.2. The van der Waals surface area contributed by atoms with Crippen LogP contribution < -0.4 is 0 Å². The third-order valence-corrected chi connectivity index (χ3v) is 4.23. The highest BCUT2D eigenvalue weighted by Crippen LogP contribution is 2.53. The van der Waals surface area contributed by atoms with Crippen LogP contribution in [0.5, 0.6) is 0 Å². The first-order valence-corrected chi connectivity index (χ1v) is 6.27. The van der Waals surface area contributed by atoms with Crippen molar-refractivity contribution in [2.75, 3.05) is 0 Å². The van der Waals surface area contributed by atoms with Crippen molar-refractivity contribution in [3.05, 3.63) is 47.3 Å². The number of benzene rings is 1. The zero-order valence-corrected chi connectivity index (χ0v) is 9.74. The molecule has 0 spiro atoms. The summed E-state index contributed by atoms with van der Waals surface area (Å²) in [4.78, 5) is 0. The molecule has 0 amide bonds. The molecule has 1 heterocycles. The molecule has 4 heteroatoms. The second-order valence-electron chi connectivity index (χ2n) is 5.20. The molecule has 0 radical (unpaired) electrons. The van der Waals surface area contributed by atoms with Crippen LogP contribution in [0.2, 0.25) is 0 Å². The molecule has 2 aliphatic carbocycles. The number of halogens is 2. The van der Waals surface area contributed by atoms with Gasteiger partial charge >= 0.3 is 0 Å². The normalized spacial score (nSPS) is 24.6. The lowest BCUT2D eigenvalue weighted by Gasteiger charge is -2.14. The molecule has 1 aromatic heterocycles. The van der Waals surface area contributed by atoms with E-state index < -0.39 is 11.6 Å². The van der Waals surface area contributed by atoms with Crippen molar-refractivity contribution in [3.8, 4) is 5.69 Å². The second-order valence-corrected chi connectivity index (χ2v) is 5.20. The van der Waals surface area contributed by atoms with Gasteiger partial charge in [0.2, 0.25) is 0 Å². The number of hydrogen-bond donors (Lipinski definition) is 0. The van der Waals surface area contributed by atoms with E-state index in [2.05, 4.69) is 5.10 Å². The fraction of sp³-hybridized carbons (Fsp3) is 0.357. The summed E-state index contributed by atoms with van der Waals surface area (Å²) in [7, 11) is 0. The van der Waals surface area contributed by atoms with Gasteiger partial charge in [-0.1, -0.05) is 0 Å². The summed E-state index contributed by atoms with van der Waals surface area (Å²) < 4.78 is 28.4. The van der Waals surface area contributed by atoms with Gasteiger partial charge in [-0.15, -0.1) is 0 Å². The van der Waals surface area contributed by atoms with Crippen LogP contribution in [0.3, 0.4) is 0 Å². The first-order valence-electron chi connectivity index (χ1n) is 6.27. The number of aromatic nitrogens is 2. The molecule has 1 saturated carbocycles. The van der Waals surface area contributed by atoms with Crippen LogP contribution in [0.1, 0.15) is 42.4 Å². The predicted octanol–water partition coefficient (Wildman–Crippen LogP) is 3.52. The summed E-state index contributed by atoms with van der Waals surface area (Å²) in [5.41, 5.74) is 2.75. The number of hydrogen-bond acceptors (Lipinski definition) is 1. The highest BCUT2D eigenvalue weighted by Gasteiger charge is 2.40. The Kier molecular flexibility index (Phi) is 1.93. The maximum atomic E-state index is 13.8. The van der Waals surface area contributed by atoms with Crippen molar-refractivity contribution in [1.82, 2.24) is 9.78 Å². The Balaban J connectivity index is 1.90. The van der Waals surface area contributed by atoms with Gasteiger partial charge in [-0.25, -0.2) is 13.5 Å². The van der Waals surface area contributed by atoms with E-state index in [-0.39, 0.29) is 0 Å². The third kappa shape index (κ3) is 1.23. The molecule has 0 saturated heterocycles. The summed E-state index contributed by atoms with van der Waals surface area (Å²) in [5, 5.41) is 4.29. The van der Waals surface area contributed by atoms with Gasteiger partial charge < -0.3 is 0 Å². The summed E-state index contributed by atoms with van der Waals surface area (Å²) in [6.07, 6.45) is 5.39. The van der Waals surface area contributed by atoms with Gasteiger partial charge in [0, 0.05) is 12.0 Å². The van der Waals surface area contributed by atoms with Gasteiger partial charge in [0.15, 0.2) is 5.82 Å². The van der Waals surface area contributed by atoms with E-state index in [0.717, 1.165) is 24.6 Å². The SMILES string of the molecule is Fc1ccc(-n2ncc3c2C2CCC3C2)c(F)c1. The second kappa shape index (κ2) is 3.40. The summed E-state index contributed by atoms with van der Waals surface area (Å²) in [6, 6.07) is 3.65. The Morgan fingerprint density at radius 1 is 1.17 bits per heavy atom. The van der Waals surface area contributed by atoms with Crippen molar-refractivity contribution in [2.24, 2.45) is 0 Å². The van der Waals surface area contributed by atoms with E-state index >= 15 is 0 Å². The van der Waals surface area contributed by atoms with Crippen LogP contribution in [0.25, 0.3) is 5.69 Å². The molecule has 2 aliphatic rings. The molecule has 0 aliphatic heterocycles. The molecule has 1 aromatic carbocycles. The van der Waals surface area contributed by atoms with Gasteiger partial charge in [-0.05, 0) is 42.9 Å². The Morgan fingerprint density at radius 2 is 2.00 bits per heavy atom. The Labute approximate surface area is 103 Å². The molecular formula is C14H12F2N2. The lowest BCUT2D eigenvalue weighted by Crippen LogP contribution is -2.07. The molecular weight excluding hydrogens is 234 g/mol. The average molecular weight is 246 g/mol. The van der Waals surface area contributed by atoms with E-state index in [1.807, 2.05) is 6.20 Å². The summed E-state index contributed by atoms with van der Waals surface area (Å²) in [5.74, 6) is -0.00976. The molecule has 4 rings (SSSR count). The summed E-state index contributed by atoms with van der Waals surface area (Å²) >= 11 is 0. The molecule has 2 atom stereocenters. The van der Waals surface area contributed by atoms with Gasteiger partial charge in [-0.3, -0.25) is 0 Å². The zero-order chi connectivity index (χ0) is 12.3. The molecule has 0 N–H and O–H groups in total. The first-order chi connectivity index (χ1) is 8.74. The van der Waals surface area contributed by atoms with Crippen molar-refractivity contribution in [3.63, 3.8) is 0 Å². The minimum atomic E-state index is -0.554. The maximum absolute atomic E-state index is 13.8. The number of fused-ring (bicyclic) bond motifs is 5. The van der Waals surface area contributed by atoms with Crippen molar-refractivity contribution in [2.45, 2.75) is 31.1 Å². The van der Waals surface area contributed by atoms with E-state index in [4.69, 9.17) is 0 Å². The molecule has 2 aromatic rings. The Morgan fingerprint density at radius 3 is 2.83 bits per heavy atom. The molecule has 92 valence electrons. The number of rotatable bonds is 1. The highest BCUT2D eigenvalue weighted by atomic mass is 19.1. The highest BCUT2D eigenvalue weighted by molar-refractivity contribution is 5.43. The van der Waals surface area contributed by atoms with Gasteiger partial charge in [-0.2, -0.15) is 5.10 Å². The molecule has 1 fully saturated rings. The van der Waals surface area contributed by atoms with Crippen LogP contribution in [0, 0.1) is 11.6 Å². The fourth-order valence-corrected chi connectivity index (χ4v) is 3.45. The lowest BCUT2D eigenvalue weighted by molar-refractivity contribution is 0.566. The van der Waals surface area contributed by atoms with Crippen molar-refractivity contribution >= 4 is 0 Å². The molecule has 2 nitrogen and oxygen atoms in total. The third-order valence-electron chi connectivity index (χ3n) is 4.23. The van der Waals surface area contributed by atoms with E-state index in [0.29, 0.717) is 17.5 Å². The Bertz CT molecular complexity index is 633. The molecule has 2 bridgehead atoms. The largest absolute Gasteiger partial charge is 0.234 e. The summed E-state index contributed by atoms with van der Waals surface area (Å²) in [6.45, 7) is 0. The van der Waals surface area contributed by atoms with Crippen LogP contribution >= 0.6 is 0 Å². The van der Waals surface area contributed by atoms with Crippen molar-refractivity contribution < 1.29 is 8.78 Å². The monoisotopic (exact) mass is 246 g/mol. The average Bonchev–Trinajstić information content (AvgIpc) is 3.00. The standard InChI is InChI=1S/C14H12F2N2/c15-10-3-4-13(12(16)6-10)18-14-9-2-1-8(5-9)11(14)7-17-18/h3-4,6-9H,1-2,5H2. The van der Waals surface area contributed by atoms with Crippen LogP contribution in [0.4, 0.5) is 8.78 Å². The predicted molar refractivity (Wildman–Crippen MR) is 62.8 cm³/mol. The van der Waals surface area contributed by atoms with Gasteiger partial charge in [0.25, 0.3) is 0 Å². The van der Waals surface area contributed by atoms with Gasteiger partial charge in [0.05, 0.1) is 11.9 Å². The molecule has 2 unspecified atom stereocenters. The minimum Gasteiger partial charge on any atom is -0.234 e. The molecule has 18 heavy (non-hydrogen) atoms.